The molecule has 4 rings (SSSR count). The normalized spacial score (nSPS) is 16.9. The van der Waals surface area contributed by atoms with Crippen molar-refractivity contribution in [1.82, 2.24) is 4.90 Å². The fourth-order valence-corrected chi connectivity index (χ4v) is 3.42. The van der Waals surface area contributed by atoms with Crippen LogP contribution in [-0.4, -0.2) is 28.5 Å². The van der Waals surface area contributed by atoms with Crippen molar-refractivity contribution in [1.29, 1.82) is 0 Å². The van der Waals surface area contributed by atoms with Gasteiger partial charge in [-0.1, -0.05) is 32.0 Å². The third kappa shape index (κ3) is 9.32. The largest absolute Gasteiger partial charge is 0.416 e. The molecule has 2 heterocycles. The van der Waals surface area contributed by atoms with Crippen molar-refractivity contribution in [3.63, 3.8) is 0 Å². The topological polar surface area (TPSA) is 40.5 Å². The molecule has 1 amide bonds. The van der Waals surface area contributed by atoms with E-state index in [1.54, 1.807) is 18.2 Å². The van der Waals surface area contributed by atoms with Gasteiger partial charge in [0.25, 0.3) is 0 Å². The highest BCUT2D eigenvalue weighted by molar-refractivity contribution is 5.79. The first-order valence-electron chi connectivity index (χ1n) is 10.8. The number of alkyl halides is 6. The molecule has 0 spiro atoms. The van der Waals surface area contributed by atoms with Crippen molar-refractivity contribution in [2.75, 3.05) is 6.54 Å². The number of rotatable bonds is 1. The Labute approximate surface area is 194 Å². The Kier molecular flexibility index (Phi) is 11.5. The zero-order chi connectivity index (χ0) is 25.9. The molecule has 2 aliphatic rings. The monoisotopic (exact) mass is 495 g/mol. The van der Waals surface area contributed by atoms with Crippen LogP contribution in [0.3, 0.4) is 0 Å². The molecule has 190 valence electrons. The number of aliphatic hydroxyl groups is 1. The van der Waals surface area contributed by atoms with Crippen molar-refractivity contribution in [2.45, 2.75) is 64.5 Å². The third-order valence-corrected chi connectivity index (χ3v) is 4.95. The lowest BCUT2D eigenvalue weighted by Crippen LogP contribution is -2.26. The Morgan fingerprint density at radius 1 is 0.912 bits per heavy atom. The van der Waals surface area contributed by atoms with E-state index in [1.807, 2.05) is 18.7 Å². The summed E-state index contributed by atoms with van der Waals surface area (Å²) in [6.45, 7) is 4.15. The van der Waals surface area contributed by atoms with Crippen molar-refractivity contribution in [2.24, 2.45) is 0 Å². The summed E-state index contributed by atoms with van der Waals surface area (Å²) >= 11 is 0. The molecule has 1 N–H and O–H groups in total. The van der Waals surface area contributed by atoms with Gasteiger partial charge in [0.1, 0.15) is 5.82 Å². The zero-order valence-corrected chi connectivity index (χ0v) is 18.9. The predicted molar refractivity (Wildman–Crippen MR) is 114 cm³/mol. The summed E-state index contributed by atoms with van der Waals surface area (Å²) < 4.78 is 85.2. The Hall–Kier alpha value is -2.62. The smallest absolute Gasteiger partial charge is 0.392 e. The Morgan fingerprint density at radius 2 is 1.44 bits per heavy atom. The SMILES string of the molecule is CC.Fc1ccccc1.O=C1CCC2CCCN12.OCc1cc(C(F)(F)F)cc(C(F)(F)F)c1. The molecule has 34 heavy (non-hydrogen) atoms. The van der Waals surface area contributed by atoms with E-state index in [4.69, 9.17) is 5.11 Å². The summed E-state index contributed by atoms with van der Waals surface area (Å²) in [6, 6.07) is 9.55. The molecule has 2 aliphatic heterocycles. The number of benzene rings is 2. The maximum absolute atomic E-state index is 12.2. The predicted octanol–water partition coefficient (Wildman–Crippen LogP) is 6.84. The van der Waals surface area contributed by atoms with Crippen LogP contribution in [0.5, 0.6) is 0 Å². The molecule has 0 aliphatic carbocycles. The first kappa shape index (κ1) is 29.4. The van der Waals surface area contributed by atoms with Gasteiger partial charge in [-0.25, -0.2) is 4.39 Å². The fraction of sp³-hybridized carbons (Fsp3) is 0.458. The van der Waals surface area contributed by atoms with Crippen LogP contribution in [-0.2, 0) is 23.8 Å². The van der Waals surface area contributed by atoms with E-state index in [2.05, 4.69) is 0 Å². The van der Waals surface area contributed by atoms with Gasteiger partial charge in [-0.05, 0) is 55.2 Å². The van der Waals surface area contributed by atoms with Gasteiger partial charge in [0.05, 0.1) is 17.7 Å². The minimum absolute atomic E-state index is 0.0131. The Balaban J connectivity index is 0.000000268. The number of aliphatic hydroxyl groups excluding tert-OH is 1. The summed E-state index contributed by atoms with van der Waals surface area (Å²) in [5.41, 5.74) is -3.28. The second-order valence-corrected chi connectivity index (χ2v) is 7.29. The summed E-state index contributed by atoms with van der Waals surface area (Å²) in [5, 5.41) is 8.58. The molecule has 0 saturated carbocycles. The van der Waals surface area contributed by atoms with Crippen LogP contribution in [0.15, 0.2) is 48.5 Å². The van der Waals surface area contributed by atoms with Crippen LogP contribution in [0.2, 0.25) is 0 Å². The van der Waals surface area contributed by atoms with Crippen LogP contribution in [0.1, 0.15) is 56.2 Å². The summed E-state index contributed by atoms with van der Waals surface area (Å²) in [6.07, 6.45) is -5.32. The second-order valence-electron chi connectivity index (χ2n) is 7.29. The molecule has 2 saturated heterocycles. The molecule has 2 aromatic carbocycles. The quantitative estimate of drug-likeness (QED) is 0.440. The summed E-state index contributed by atoms with van der Waals surface area (Å²) in [4.78, 5) is 13.0. The molecular weight excluding hydrogens is 467 g/mol. The molecule has 3 nitrogen and oxygen atoms in total. The van der Waals surface area contributed by atoms with Crippen LogP contribution >= 0.6 is 0 Å². The van der Waals surface area contributed by atoms with Gasteiger partial charge in [0, 0.05) is 19.0 Å². The number of carbonyl (C=O) groups excluding carboxylic acids is 1. The molecule has 1 atom stereocenters. The van der Waals surface area contributed by atoms with Gasteiger partial charge in [-0.3, -0.25) is 4.79 Å². The van der Waals surface area contributed by atoms with Crippen LogP contribution in [0.25, 0.3) is 0 Å². The van der Waals surface area contributed by atoms with Gasteiger partial charge in [-0.15, -0.1) is 0 Å². The number of halogens is 7. The number of hydrogen-bond donors (Lipinski definition) is 1. The second kappa shape index (κ2) is 13.3. The minimum atomic E-state index is -4.87. The molecule has 1 unspecified atom stereocenters. The van der Waals surface area contributed by atoms with E-state index < -0.39 is 35.6 Å². The van der Waals surface area contributed by atoms with Gasteiger partial charge in [0.2, 0.25) is 5.91 Å². The van der Waals surface area contributed by atoms with E-state index in [9.17, 15) is 35.5 Å². The number of hydrogen-bond acceptors (Lipinski definition) is 2. The van der Waals surface area contributed by atoms with Crippen LogP contribution in [0.4, 0.5) is 30.7 Å². The van der Waals surface area contributed by atoms with Gasteiger partial charge >= 0.3 is 12.4 Å². The van der Waals surface area contributed by atoms with Crippen LogP contribution in [0, 0.1) is 5.82 Å². The van der Waals surface area contributed by atoms with Crippen molar-refractivity contribution < 1.29 is 40.6 Å². The maximum atomic E-state index is 12.2. The molecule has 2 aromatic rings. The van der Waals surface area contributed by atoms with Crippen molar-refractivity contribution >= 4 is 5.91 Å². The first-order chi connectivity index (χ1) is 15.9. The number of fused-ring (bicyclic) bond motifs is 1. The molecule has 0 bridgehead atoms. The number of carbonyl (C=O) groups is 1. The summed E-state index contributed by atoms with van der Waals surface area (Å²) in [5.74, 6) is 0.208. The standard InChI is InChI=1S/C9H6F6O.C7H11NO.C6H5F.C2H6/c10-8(11,12)6-1-5(4-16)2-7(3-6)9(13,14)15;9-7-4-3-6-2-1-5-8(6)7;7-6-4-2-1-3-5-6;1-2/h1-3,16H,4H2;6H,1-5H2;1-5H;1-2H3. The van der Waals surface area contributed by atoms with E-state index in [-0.39, 0.29) is 11.9 Å². The van der Waals surface area contributed by atoms with E-state index >= 15 is 0 Å². The molecule has 0 radical (unpaired) electrons. The molecule has 2 fully saturated rings. The van der Waals surface area contributed by atoms with Gasteiger partial charge in [-0.2, -0.15) is 26.3 Å². The van der Waals surface area contributed by atoms with Gasteiger partial charge < -0.3 is 10.0 Å². The average Bonchev–Trinajstić information content (AvgIpc) is 3.40. The minimum Gasteiger partial charge on any atom is -0.392 e. The average molecular weight is 495 g/mol. The number of nitrogens with zero attached hydrogens (tertiary/aromatic N) is 1. The molecular formula is C24H28F7NO2. The maximum Gasteiger partial charge on any atom is 0.416 e. The molecule has 0 aromatic heterocycles. The number of amides is 1. The zero-order valence-electron chi connectivity index (χ0n) is 18.9. The summed E-state index contributed by atoms with van der Waals surface area (Å²) in [7, 11) is 0. The van der Waals surface area contributed by atoms with Crippen molar-refractivity contribution in [3.05, 3.63) is 71.0 Å². The molecule has 10 heteroatoms. The third-order valence-electron chi connectivity index (χ3n) is 4.95. The van der Waals surface area contributed by atoms with E-state index in [1.165, 1.54) is 25.0 Å². The lowest BCUT2D eigenvalue weighted by atomic mass is 10.1. The van der Waals surface area contributed by atoms with Crippen molar-refractivity contribution in [3.8, 4) is 0 Å². The van der Waals surface area contributed by atoms with Crippen LogP contribution < -0.4 is 0 Å². The fourth-order valence-electron chi connectivity index (χ4n) is 3.42. The Bertz CT molecular complexity index is 851. The highest BCUT2D eigenvalue weighted by Crippen LogP contribution is 2.36. The lowest BCUT2D eigenvalue weighted by molar-refractivity contribution is -0.143. The highest BCUT2D eigenvalue weighted by atomic mass is 19.4. The van der Waals surface area contributed by atoms with E-state index in [0.29, 0.717) is 24.1 Å². The first-order valence-corrected chi connectivity index (χ1v) is 10.8. The Morgan fingerprint density at radius 3 is 1.82 bits per heavy atom. The van der Waals surface area contributed by atoms with Gasteiger partial charge in [0.15, 0.2) is 0 Å². The van der Waals surface area contributed by atoms with E-state index in [0.717, 1.165) is 19.4 Å². The lowest BCUT2D eigenvalue weighted by Gasteiger charge is -2.13. The highest BCUT2D eigenvalue weighted by Gasteiger charge is 2.37.